The fourth-order valence-corrected chi connectivity index (χ4v) is 3.08. The second-order valence-electron chi connectivity index (χ2n) is 6.12. The number of nitrogens with zero attached hydrogens (tertiary/aromatic N) is 3. The molecule has 0 spiro atoms. The Morgan fingerprint density at radius 1 is 1.23 bits per heavy atom. The van der Waals surface area contributed by atoms with Gasteiger partial charge in [-0.15, -0.1) is 0 Å². The molecule has 2 aromatic rings. The van der Waals surface area contributed by atoms with E-state index in [-0.39, 0.29) is 11.9 Å². The topological polar surface area (TPSA) is 68.5 Å². The highest BCUT2D eigenvalue weighted by Gasteiger charge is 2.30. The van der Waals surface area contributed by atoms with E-state index < -0.39 is 0 Å². The third kappa shape index (κ3) is 4.41. The molecule has 0 fully saturated rings. The lowest BCUT2D eigenvalue weighted by Crippen LogP contribution is -2.30. The number of hydrogen-bond donors (Lipinski definition) is 1. The minimum Gasteiger partial charge on any atom is -0.306 e. The molecule has 132 valence electrons. The quantitative estimate of drug-likeness (QED) is 0.764. The maximum atomic E-state index is 12.6. The number of para-hydroxylation sites is 1. The molecular formula is C20H19ClN4O. The molecule has 1 atom stereocenters. The lowest BCUT2D eigenvalue weighted by atomic mass is 9.93. The van der Waals surface area contributed by atoms with E-state index in [1.165, 1.54) is 5.01 Å². The second-order valence-corrected chi connectivity index (χ2v) is 6.55. The number of rotatable bonds is 5. The molecule has 2 aromatic carbocycles. The Morgan fingerprint density at radius 2 is 1.96 bits per heavy atom. The Morgan fingerprint density at radius 3 is 2.65 bits per heavy atom. The molecule has 1 heterocycles. The van der Waals surface area contributed by atoms with Gasteiger partial charge in [0, 0.05) is 23.0 Å². The third-order valence-electron chi connectivity index (χ3n) is 4.25. The van der Waals surface area contributed by atoms with Crippen molar-refractivity contribution < 1.29 is 4.79 Å². The molecule has 3 rings (SSSR count). The van der Waals surface area contributed by atoms with Gasteiger partial charge in [-0.2, -0.15) is 10.4 Å². The molecule has 0 saturated carbocycles. The average Bonchev–Trinajstić information content (AvgIpc) is 3.08. The zero-order valence-electron chi connectivity index (χ0n) is 14.2. The first-order valence-electron chi connectivity index (χ1n) is 8.52. The second kappa shape index (κ2) is 8.50. The summed E-state index contributed by atoms with van der Waals surface area (Å²) in [7, 11) is 0. The molecule has 0 bridgehead atoms. The van der Waals surface area contributed by atoms with Crippen molar-refractivity contribution >= 4 is 29.0 Å². The number of hydrazone groups is 1. The van der Waals surface area contributed by atoms with Crippen LogP contribution >= 0.6 is 11.6 Å². The molecule has 2 amide bonds. The maximum absolute atomic E-state index is 12.6. The largest absolute Gasteiger partial charge is 0.342 e. The Hall–Kier alpha value is -2.84. The van der Waals surface area contributed by atoms with Gasteiger partial charge in [-0.25, -0.2) is 9.80 Å². The van der Waals surface area contributed by atoms with Gasteiger partial charge in [0.25, 0.3) is 0 Å². The third-order valence-corrected chi connectivity index (χ3v) is 4.50. The molecule has 0 saturated heterocycles. The molecular weight excluding hydrogens is 348 g/mol. The highest BCUT2D eigenvalue weighted by molar-refractivity contribution is 6.30. The Kier molecular flexibility index (Phi) is 5.88. The van der Waals surface area contributed by atoms with E-state index in [9.17, 15) is 4.79 Å². The van der Waals surface area contributed by atoms with Crippen LogP contribution in [-0.4, -0.2) is 23.3 Å². The maximum Gasteiger partial charge on any atom is 0.342 e. The van der Waals surface area contributed by atoms with Crippen molar-refractivity contribution in [2.24, 2.45) is 11.0 Å². The Bertz CT molecular complexity index is 827. The number of nitriles is 1. The number of nitrogens with one attached hydrogen (secondary N) is 1. The summed E-state index contributed by atoms with van der Waals surface area (Å²) in [5.74, 6) is 0.103. The highest BCUT2D eigenvalue weighted by Crippen LogP contribution is 2.25. The van der Waals surface area contributed by atoms with Gasteiger partial charge in [-0.3, -0.25) is 0 Å². The lowest BCUT2D eigenvalue weighted by molar-refractivity contribution is 0.215. The van der Waals surface area contributed by atoms with Gasteiger partial charge in [-0.1, -0.05) is 41.9 Å². The molecule has 0 aliphatic carbocycles. The van der Waals surface area contributed by atoms with Gasteiger partial charge in [0.15, 0.2) is 0 Å². The number of urea groups is 1. The van der Waals surface area contributed by atoms with Crippen molar-refractivity contribution in [1.29, 1.82) is 5.26 Å². The summed E-state index contributed by atoms with van der Waals surface area (Å²) in [5, 5.41) is 18.3. The summed E-state index contributed by atoms with van der Waals surface area (Å²) in [6, 6.07) is 18.7. The van der Waals surface area contributed by atoms with E-state index in [0.29, 0.717) is 18.0 Å². The van der Waals surface area contributed by atoms with Crippen LogP contribution in [-0.2, 0) is 0 Å². The first-order chi connectivity index (χ1) is 12.7. The van der Waals surface area contributed by atoms with Crippen LogP contribution < -0.4 is 5.32 Å². The van der Waals surface area contributed by atoms with Crippen LogP contribution in [0.3, 0.4) is 0 Å². The number of benzene rings is 2. The van der Waals surface area contributed by atoms with E-state index >= 15 is 0 Å². The summed E-state index contributed by atoms with van der Waals surface area (Å²) < 4.78 is 0. The van der Waals surface area contributed by atoms with E-state index in [1.54, 1.807) is 0 Å². The van der Waals surface area contributed by atoms with E-state index in [4.69, 9.17) is 16.9 Å². The zero-order chi connectivity index (χ0) is 18.4. The van der Waals surface area contributed by atoms with Gasteiger partial charge in [0.1, 0.15) is 0 Å². The SMILES string of the molecule is N#CCCCC1CN(C(=O)Nc2ccccc2)N=C1c1ccc(Cl)cc1. The van der Waals surface area contributed by atoms with Crippen molar-refractivity contribution in [3.63, 3.8) is 0 Å². The van der Waals surface area contributed by atoms with E-state index in [1.807, 2.05) is 54.6 Å². The molecule has 26 heavy (non-hydrogen) atoms. The number of carbonyl (C=O) groups is 1. The van der Waals surface area contributed by atoms with E-state index in [2.05, 4.69) is 16.5 Å². The number of amides is 2. The number of halogens is 1. The fourth-order valence-electron chi connectivity index (χ4n) is 2.96. The van der Waals surface area contributed by atoms with Crippen LogP contribution in [0, 0.1) is 17.2 Å². The fraction of sp³-hybridized carbons (Fsp3) is 0.250. The molecule has 0 radical (unpaired) electrons. The van der Waals surface area contributed by atoms with Gasteiger partial charge < -0.3 is 5.32 Å². The van der Waals surface area contributed by atoms with Crippen LogP contribution in [0.5, 0.6) is 0 Å². The van der Waals surface area contributed by atoms with Crippen molar-refractivity contribution in [2.75, 3.05) is 11.9 Å². The van der Waals surface area contributed by atoms with Gasteiger partial charge >= 0.3 is 6.03 Å². The Balaban J connectivity index is 1.77. The first-order valence-corrected chi connectivity index (χ1v) is 8.90. The van der Waals surface area contributed by atoms with Gasteiger partial charge in [-0.05, 0) is 42.7 Å². The summed E-state index contributed by atoms with van der Waals surface area (Å²) in [5.41, 5.74) is 2.54. The van der Waals surface area contributed by atoms with Gasteiger partial charge in [0.05, 0.1) is 18.3 Å². The summed E-state index contributed by atoms with van der Waals surface area (Å²) in [6.45, 7) is 0.502. The monoisotopic (exact) mass is 366 g/mol. The van der Waals surface area contributed by atoms with E-state index in [0.717, 1.165) is 29.8 Å². The van der Waals surface area contributed by atoms with Crippen molar-refractivity contribution in [3.8, 4) is 6.07 Å². The summed E-state index contributed by atoms with van der Waals surface area (Å²) in [4.78, 5) is 12.6. The van der Waals surface area contributed by atoms with Crippen molar-refractivity contribution in [2.45, 2.75) is 19.3 Å². The minimum absolute atomic E-state index is 0.103. The summed E-state index contributed by atoms with van der Waals surface area (Å²) >= 11 is 5.98. The van der Waals surface area contributed by atoms with Gasteiger partial charge in [0.2, 0.25) is 0 Å². The number of carbonyl (C=O) groups excluding carboxylic acids is 1. The van der Waals surface area contributed by atoms with Crippen molar-refractivity contribution in [3.05, 3.63) is 65.2 Å². The molecule has 1 aliphatic heterocycles. The number of anilines is 1. The smallest absolute Gasteiger partial charge is 0.306 e. The predicted molar refractivity (Wildman–Crippen MR) is 103 cm³/mol. The predicted octanol–water partition coefficient (Wildman–Crippen LogP) is 4.90. The molecule has 1 aliphatic rings. The molecule has 6 heteroatoms. The summed E-state index contributed by atoms with van der Waals surface area (Å²) in [6.07, 6.45) is 2.09. The first kappa shape index (κ1) is 18.0. The zero-order valence-corrected chi connectivity index (χ0v) is 15.0. The lowest BCUT2D eigenvalue weighted by Gasteiger charge is -2.15. The number of unbranched alkanes of at least 4 members (excludes halogenated alkanes) is 1. The minimum atomic E-state index is -0.259. The molecule has 5 nitrogen and oxygen atoms in total. The normalized spacial score (nSPS) is 16.1. The van der Waals surface area contributed by atoms with Crippen LogP contribution in [0.15, 0.2) is 59.7 Å². The molecule has 0 aromatic heterocycles. The van der Waals surface area contributed by atoms with Crippen LogP contribution in [0.2, 0.25) is 5.02 Å². The Labute approximate surface area is 157 Å². The standard InChI is InChI=1S/C20H19ClN4O/c21-17-11-9-15(10-12-17)19-16(6-4-5-13-22)14-25(24-19)20(26)23-18-7-2-1-3-8-18/h1-3,7-12,16H,4-6,14H2,(H,23,26). The number of hydrogen-bond acceptors (Lipinski definition) is 3. The molecule has 1 unspecified atom stereocenters. The van der Waals surface area contributed by atoms with Crippen LogP contribution in [0.4, 0.5) is 10.5 Å². The van der Waals surface area contributed by atoms with Crippen LogP contribution in [0.25, 0.3) is 0 Å². The molecule has 1 N–H and O–H groups in total. The highest BCUT2D eigenvalue weighted by atomic mass is 35.5. The average molecular weight is 367 g/mol. The van der Waals surface area contributed by atoms with Crippen molar-refractivity contribution in [1.82, 2.24) is 5.01 Å². The van der Waals surface area contributed by atoms with Crippen LogP contribution in [0.1, 0.15) is 24.8 Å².